The van der Waals surface area contributed by atoms with Gasteiger partial charge in [0.05, 0.1) is 13.2 Å². The molecule has 0 bridgehead atoms. The van der Waals surface area contributed by atoms with Crippen LogP contribution in [0.25, 0.3) is 11.1 Å². The van der Waals surface area contributed by atoms with Crippen molar-refractivity contribution < 1.29 is 9.53 Å². The van der Waals surface area contributed by atoms with Gasteiger partial charge in [0.15, 0.2) is 0 Å². The molecule has 4 nitrogen and oxygen atoms in total. The molecule has 1 amide bonds. The summed E-state index contributed by atoms with van der Waals surface area (Å²) in [6, 6.07) is 25.9. The van der Waals surface area contributed by atoms with Gasteiger partial charge < -0.3 is 9.64 Å². The normalized spacial score (nSPS) is 16.3. The summed E-state index contributed by atoms with van der Waals surface area (Å²) in [6.07, 6.45) is 2.34. The number of methoxy groups -OCH3 is 1. The van der Waals surface area contributed by atoms with E-state index < -0.39 is 0 Å². The Balaban J connectivity index is 1.25. The summed E-state index contributed by atoms with van der Waals surface area (Å²) in [4.78, 5) is 17.6. The molecule has 3 aromatic carbocycles. The highest BCUT2D eigenvalue weighted by atomic mass is 16.5. The summed E-state index contributed by atoms with van der Waals surface area (Å²) in [7, 11) is 1.67. The maximum atomic E-state index is 13.0. The van der Waals surface area contributed by atoms with E-state index in [2.05, 4.69) is 58.3 Å². The van der Waals surface area contributed by atoms with Crippen molar-refractivity contribution in [2.75, 3.05) is 33.3 Å². The molecule has 0 saturated carbocycles. The minimum absolute atomic E-state index is 0.259. The van der Waals surface area contributed by atoms with E-state index in [1.54, 1.807) is 7.11 Å². The van der Waals surface area contributed by atoms with Gasteiger partial charge in [0.1, 0.15) is 5.75 Å². The molecule has 32 heavy (non-hydrogen) atoms. The van der Waals surface area contributed by atoms with E-state index in [0.29, 0.717) is 6.42 Å². The number of aryl methyl sites for hydroxylation is 1. The van der Waals surface area contributed by atoms with E-state index in [1.807, 2.05) is 24.3 Å². The Bertz CT molecular complexity index is 1050. The zero-order valence-corrected chi connectivity index (χ0v) is 18.7. The van der Waals surface area contributed by atoms with Gasteiger partial charge in [-0.05, 0) is 52.8 Å². The first-order valence-electron chi connectivity index (χ1n) is 11.6. The van der Waals surface area contributed by atoms with E-state index in [-0.39, 0.29) is 11.9 Å². The molecule has 0 spiro atoms. The Labute approximate surface area is 190 Å². The fourth-order valence-corrected chi connectivity index (χ4v) is 5.17. The van der Waals surface area contributed by atoms with Crippen LogP contribution in [0.4, 0.5) is 0 Å². The summed E-state index contributed by atoms with van der Waals surface area (Å²) < 4.78 is 5.22. The molecular weight excluding hydrogens is 396 g/mol. The molecule has 1 heterocycles. The van der Waals surface area contributed by atoms with Crippen molar-refractivity contribution in [2.24, 2.45) is 0 Å². The number of carbonyl (C=O) groups excluding carboxylic acids is 1. The highest BCUT2D eigenvalue weighted by molar-refractivity contribution is 5.78. The number of ether oxygens (including phenoxy) is 1. The number of hydrogen-bond acceptors (Lipinski definition) is 3. The highest BCUT2D eigenvalue weighted by Crippen LogP contribution is 2.46. The van der Waals surface area contributed by atoms with Crippen LogP contribution in [0.2, 0.25) is 0 Å². The summed E-state index contributed by atoms with van der Waals surface area (Å²) in [6.45, 7) is 3.55. The smallest absolute Gasteiger partial charge is 0.222 e. The molecule has 1 aliphatic carbocycles. The Kier molecular flexibility index (Phi) is 5.95. The van der Waals surface area contributed by atoms with E-state index in [4.69, 9.17) is 4.74 Å². The third-order valence-electron chi connectivity index (χ3n) is 6.84. The Morgan fingerprint density at radius 1 is 0.844 bits per heavy atom. The predicted molar refractivity (Wildman–Crippen MR) is 128 cm³/mol. The van der Waals surface area contributed by atoms with Gasteiger partial charge in [-0.1, -0.05) is 60.7 Å². The van der Waals surface area contributed by atoms with Crippen molar-refractivity contribution in [3.8, 4) is 16.9 Å². The van der Waals surface area contributed by atoms with Crippen molar-refractivity contribution in [1.82, 2.24) is 9.80 Å². The van der Waals surface area contributed by atoms with Crippen molar-refractivity contribution in [2.45, 2.75) is 25.3 Å². The van der Waals surface area contributed by atoms with Gasteiger partial charge in [0, 0.05) is 32.6 Å². The van der Waals surface area contributed by atoms with Gasteiger partial charge in [0.2, 0.25) is 5.91 Å². The number of amides is 1. The third kappa shape index (κ3) is 4.03. The summed E-state index contributed by atoms with van der Waals surface area (Å²) in [5, 5.41) is 0. The van der Waals surface area contributed by atoms with Gasteiger partial charge in [-0.2, -0.15) is 0 Å². The van der Waals surface area contributed by atoms with Gasteiger partial charge in [-0.25, -0.2) is 0 Å². The van der Waals surface area contributed by atoms with Gasteiger partial charge >= 0.3 is 0 Å². The summed E-state index contributed by atoms with van der Waals surface area (Å²) in [5.41, 5.74) is 6.67. The minimum Gasteiger partial charge on any atom is -0.497 e. The van der Waals surface area contributed by atoms with E-state index in [9.17, 15) is 4.79 Å². The van der Waals surface area contributed by atoms with Gasteiger partial charge in [0.25, 0.3) is 0 Å². The number of benzene rings is 3. The van der Waals surface area contributed by atoms with Crippen LogP contribution in [0.15, 0.2) is 72.8 Å². The maximum absolute atomic E-state index is 13.0. The molecule has 164 valence electrons. The second-order valence-corrected chi connectivity index (χ2v) is 8.70. The third-order valence-corrected chi connectivity index (χ3v) is 6.84. The Morgan fingerprint density at radius 2 is 1.50 bits per heavy atom. The minimum atomic E-state index is 0.259. The summed E-state index contributed by atoms with van der Waals surface area (Å²) >= 11 is 0. The number of carbonyl (C=O) groups is 1. The lowest BCUT2D eigenvalue weighted by Gasteiger charge is -2.29. The van der Waals surface area contributed by atoms with Crippen molar-refractivity contribution in [3.63, 3.8) is 0 Å². The molecule has 0 atom stereocenters. The van der Waals surface area contributed by atoms with Crippen LogP contribution in [0.5, 0.6) is 5.75 Å². The average molecular weight is 427 g/mol. The number of nitrogens with zero attached hydrogens (tertiary/aromatic N) is 2. The molecule has 1 saturated heterocycles. The lowest BCUT2D eigenvalue weighted by molar-refractivity contribution is -0.131. The van der Waals surface area contributed by atoms with Crippen molar-refractivity contribution in [1.29, 1.82) is 0 Å². The lowest BCUT2D eigenvalue weighted by atomic mass is 10.0. The first kappa shape index (κ1) is 20.8. The summed E-state index contributed by atoms with van der Waals surface area (Å²) in [5.74, 6) is 1.11. The fourth-order valence-electron chi connectivity index (χ4n) is 5.17. The van der Waals surface area contributed by atoms with E-state index >= 15 is 0 Å². The molecule has 4 heteroatoms. The first-order valence-corrected chi connectivity index (χ1v) is 11.6. The molecule has 1 aliphatic heterocycles. The number of hydrogen-bond donors (Lipinski definition) is 0. The predicted octanol–water partition coefficient (Wildman–Crippen LogP) is 4.93. The standard InChI is InChI=1S/C28H30N2O2/c1-32-22-14-11-21(12-15-22)13-16-27(31)29-17-6-18-30(20-19-29)28-25-9-4-2-7-23(25)24-8-3-5-10-26(24)28/h2-5,7-12,14-15,28H,6,13,16-20H2,1H3. The second kappa shape index (κ2) is 9.17. The molecule has 0 unspecified atom stereocenters. The van der Waals surface area contributed by atoms with Gasteiger partial charge in [-0.3, -0.25) is 9.69 Å². The SMILES string of the molecule is COc1ccc(CCC(=O)N2CCCN(C3c4ccccc4-c4ccccc43)CC2)cc1. The van der Waals surface area contributed by atoms with Crippen LogP contribution in [0.3, 0.4) is 0 Å². The zero-order chi connectivity index (χ0) is 21.9. The lowest BCUT2D eigenvalue weighted by Crippen LogP contribution is -2.36. The van der Waals surface area contributed by atoms with E-state index in [1.165, 1.54) is 27.8 Å². The monoisotopic (exact) mass is 426 g/mol. The van der Waals surface area contributed by atoms with Crippen LogP contribution in [0, 0.1) is 0 Å². The largest absolute Gasteiger partial charge is 0.497 e. The zero-order valence-electron chi connectivity index (χ0n) is 18.7. The van der Waals surface area contributed by atoms with Crippen LogP contribution in [-0.4, -0.2) is 49.0 Å². The first-order chi connectivity index (χ1) is 15.7. The van der Waals surface area contributed by atoms with Crippen molar-refractivity contribution in [3.05, 3.63) is 89.5 Å². The fraction of sp³-hybridized carbons (Fsp3) is 0.321. The van der Waals surface area contributed by atoms with Gasteiger partial charge in [-0.15, -0.1) is 0 Å². The molecule has 5 rings (SSSR count). The Morgan fingerprint density at radius 3 is 2.16 bits per heavy atom. The number of rotatable bonds is 5. The van der Waals surface area contributed by atoms with Crippen LogP contribution in [0.1, 0.15) is 35.6 Å². The second-order valence-electron chi connectivity index (χ2n) is 8.70. The topological polar surface area (TPSA) is 32.8 Å². The van der Waals surface area contributed by atoms with E-state index in [0.717, 1.165) is 44.8 Å². The molecule has 0 aromatic heterocycles. The molecule has 1 fully saturated rings. The molecule has 0 N–H and O–H groups in total. The molecule has 2 aliphatic rings. The molecular formula is C28H30N2O2. The Hall–Kier alpha value is -3.11. The van der Waals surface area contributed by atoms with Crippen molar-refractivity contribution >= 4 is 5.91 Å². The quantitative estimate of drug-likeness (QED) is 0.580. The van der Waals surface area contributed by atoms with Crippen LogP contribution >= 0.6 is 0 Å². The maximum Gasteiger partial charge on any atom is 0.222 e. The highest BCUT2D eigenvalue weighted by Gasteiger charge is 2.33. The van der Waals surface area contributed by atoms with Crippen LogP contribution < -0.4 is 4.74 Å². The average Bonchev–Trinajstić information content (AvgIpc) is 2.99. The van der Waals surface area contributed by atoms with Crippen LogP contribution in [-0.2, 0) is 11.2 Å². The molecule has 0 radical (unpaired) electrons. The number of fused-ring (bicyclic) bond motifs is 3. The molecule has 3 aromatic rings.